The molecule has 3 aromatic heterocycles. The highest BCUT2D eigenvalue weighted by Crippen LogP contribution is 2.35. The predicted molar refractivity (Wildman–Crippen MR) is 129 cm³/mol. The molecule has 0 saturated carbocycles. The van der Waals surface area contributed by atoms with Crippen LogP contribution in [0.25, 0.3) is 0 Å². The van der Waals surface area contributed by atoms with Crippen molar-refractivity contribution in [3.63, 3.8) is 0 Å². The van der Waals surface area contributed by atoms with Crippen LogP contribution in [0.4, 0.5) is 30.4 Å². The van der Waals surface area contributed by atoms with Gasteiger partial charge in [0, 0.05) is 34.7 Å². The van der Waals surface area contributed by atoms with Gasteiger partial charge in [-0.3, -0.25) is 14.6 Å². The zero-order chi connectivity index (χ0) is 26.6. The number of carbonyl (C=O) groups excluding carboxylic acids is 2. The van der Waals surface area contributed by atoms with Gasteiger partial charge in [0.2, 0.25) is 5.76 Å². The third-order valence-electron chi connectivity index (χ3n) is 4.72. The number of anilines is 3. The Balaban J connectivity index is 1.38. The van der Waals surface area contributed by atoms with Crippen LogP contribution in [0, 0.1) is 0 Å². The second-order valence-electron chi connectivity index (χ2n) is 7.29. The lowest BCUT2D eigenvalue weighted by molar-refractivity contribution is -0.139. The predicted octanol–water partition coefficient (Wildman–Crippen LogP) is 4.75. The third-order valence-corrected chi connectivity index (χ3v) is 5.47. The largest absolute Gasteiger partial charge is 0.417 e. The lowest BCUT2D eigenvalue weighted by atomic mass is 10.2. The molecule has 1 aromatic carbocycles. The minimum atomic E-state index is -4.64. The van der Waals surface area contributed by atoms with Crippen LogP contribution in [-0.2, 0) is 12.7 Å². The van der Waals surface area contributed by atoms with Crippen LogP contribution >= 0.6 is 24.2 Å². The minimum Gasteiger partial charge on any atom is -0.351 e. The van der Waals surface area contributed by atoms with E-state index in [9.17, 15) is 22.8 Å². The van der Waals surface area contributed by atoms with Crippen molar-refractivity contribution < 1.29 is 27.3 Å². The molecule has 0 aliphatic heterocycles. The highest BCUT2D eigenvalue weighted by Gasteiger charge is 2.33. The molecular weight excluding hydrogens is 535 g/mol. The van der Waals surface area contributed by atoms with Crippen molar-refractivity contribution in [2.45, 2.75) is 17.6 Å². The Hall–Kier alpha value is -4.17. The van der Waals surface area contributed by atoms with E-state index in [-0.39, 0.29) is 45.1 Å². The summed E-state index contributed by atoms with van der Waals surface area (Å²) < 4.78 is 44.1. The summed E-state index contributed by atoms with van der Waals surface area (Å²) in [6.45, 7) is -0.157. The number of nitrogens with zero attached hydrogens (tertiary/aromatic N) is 4. The van der Waals surface area contributed by atoms with E-state index in [1.807, 2.05) is 0 Å². The number of thiol groups is 1. The zero-order valence-electron chi connectivity index (χ0n) is 18.4. The number of nitrogens with one attached hydrogen (secondary N) is 3. The van der Waals surface area contributed by atoms with Crippen molar-refractivity contribution in [2.24, 2.45) is 0 Å². The molecule has 0 atom stereocenters. The molecule has 190 valence electrons. The smallest absolute Gasteiger partial charge is 0.351 e. The first-order chi connectivity index (χ1) is 17.6. The summed E-state index contributed by atoms with van der Waals surface area (Å²) in [7, 11) is 0. The lowest BCUT2D eigenvalue weighted by Gasteiger charge is -2.11. The molecule has 4 rings (SSSR count). The lowest BCUT2D eigenvalue weighted by Crippen LogP contribution is -2.24. The summed E-state index contributed by atoms with van der Waals surface area (Å²) in [6.07, 6.45) is -0.352. The number of alkyl halides is 3. The van der Waals surface area contributed by atoms with Crippen molar-refractivity contribution in [1.29, 1.82) is 0 Å². The normalized spacial score (nSPS) is 11.2. The molecule has 3 N–H and O–H groups in total. The number of aromatic nitrogens is 4. The fraction of sp³-hybridized carbons (Fsp3) is 0.0909. The molecule has 2 amide bonds. The molecule has 0 fully saturated rings. The van der Waals surface area contributed by atoms with Crippen LogP contribution in [0.3, 0.4) is 0 Å². The zero-order valence-corrected chi connectivity index (χ0v) is 20.0. The van der Waals surface area contributed by atoms with E-state index in [0.29, 0.717) is 5.69 Å². The van der Waals surface area contributed by atoms with Gasteiger partial charge in [-0.25, -0.2) is 9.97 Å². The van der Waals surface area contributed by atoms with Crippen LogP contribution in [0.15, 0.2) is 64.5 Å². The Bertz CT molecular complexity index is 1450. The molecule has 0 saturated heterocycles. The molecule has 0 bridgehead atoms. The van der Waals surface area contributed by atoms with E-state index in [0.717, 1.165) is 18.5 Å². The average molecular weight is 550 g/mol. The number of carbonyl (C=O) groups is 2. The molecular formula is C22H15ClF3N7O3S. The summed E-state index contributed by atoms with van der Waals surface area (Å²) in [5.41, 5.74) is -0.414. The molecule has 0 radical (unpaired) electrons. The maximum atomic E-state index is 13.1. The first-order valence-electron chi connectivity index (χ1n) is 10.2. The molecule has 15 heteroatoms. The van der Waals surface area contributed by atoms with Gasteiger partial charge in [0.1, 0.15) is 17.0 Å². The van der Waals surface area contributed by atoms with Gasteiger partial charge in [-0.05, 0) is 30.3 Å². The van der Waals surface area contributed by atoms with E-state index in [4.69, 9.17) is 16.1 Å². The van der Waals surface area contributed by atoms with Gasteiger partial charge in [0.25, 0.3) is 11.8 Å². The maximum Gasteiger partial charge on any atom is 0.417 e. The highest BCUT2D eigenvalue weighted by molar-refractivity contribution is 7.80. The van der Waals surface area contributed by atoms with Gasteiger partial charge >= 0.3 is 6.18 Å². The number of amides is 2. The first kappa shape index (κ1) is 25.9. The Morgan fingerprint density at radius 3 is 2.51 bits per heavy atom. The van der Waals surface area contributed by atoms with Gasteiger partial charge in [0.05, 0.1) is 12.1 Å². The van der Waals surface area contributed by atoms with Crippen molar-refractivity contribution in [1.82, 2.24) is 25.4 Å². The maximum absolute atomic E-state index is 13.1. The van der Waals surface area contributed by atoms with E-state index in [1.54, 1.807) is 24.5 Å². The average Bonchev–Trinajstić information content (AvgIpc) is 3.34. The fourth-order valence-electron chi connectivity index (χ4n) is 2.98. The number of halogens is 4. The molecule has 0 unspecified atom stereocenters. The summed E-state index contributed by atoms with van der Waals surface area (Å²) in [5, 5.41) is 11.4. The van der Waals surface area contributed by atoms with Crippen LogP contribution in [-0.4, -0.2) is 31.9 Å². The van der Waals surface area contributed by atoms with Gasteiger partial charge in [-0.2, -0.15) is 13.2 Å². The number of pyridine rings is 1. The number of hydrogen-bond acceptors (Lipinski definition) is 9. The van der Waals surface area contributed by atoms with Crippen LogP contribution < -0.4 is 16.0 Å². The number of benzene rings is 1. The number of rotatable bonds is 7. The molecule has 0 aliphatic rings. The van der Waals surface area contributed by atoms with Crippen molar-refractivity contribution >= 4 is 53.2 Å². The quantitative estimate of drug-likeness (QED) is 0.243. The van der Waals surface area contributed by atoms with Crippen molar-refractivity contribution in [2.75, 3.05) is 10.6 Å². The summed E-state index contributed by atoms with van der Waals surface area (Å²) >= 11 is 10.1. The topological polar surface area (TPSA) is 135 Å². The van der Waals surface area contributed by atoms with Crippen LogP contribution in [0.1, 0.15) is 32.3 Å². The second kappa shape index (κ2) is 10.8. The Morgan fingerprint density at radius 1 is 1.03 bits per heavy atom. The number of hydrogen-bond donors (Lipinski definition) is 4. The van der Waals surface area contributed by atoms with Crippen molar-refractivity contribution in [3.05, 3.63) is 82.9 Å². The van der Waals surface area contributed by atoms with Gasteiger partial charge in [0.15, 0.2) is 11.5 Å². The van der Waals surface area contributed by atoms with E-state index < -0.39 is 23.6 Å². The highest BCUT2D eigenvalue weighted by atomic mass is 35.5. The van der Waals surface area contributed by atoms with Gasteiger partial charge in [-0.1, -0.05) is 16.8 Å². The molecule has 0 aliphatic carbocycles. The first-order valence-corrected chi connectivity index (χ1v) is 11.1. The summed E-state index contributed by atoms with van der Waals surface area (Å²) in [6, 6.07) is 7.71. The SMILES string of the molecule is O=C(Nc1ccc(S)c(C(F)(F)F)c1)c1cc(CNC(=O)c2ncnc(Nc3ccncc3)c2Cl)no1. The molecule has 3 heterocycles. The Labute approximate surface area is 217 Å². The monoisotopic (exact) mass is 549 g/mol. The van der Waals surface area contributed by atoms with E-state index in [2.05, 4.69) is 48.7 Å². The third kappa shape index (κ3) is 6.34. The molecule has 0 spiro atoms. The van der Waals surface area contributed by atoms with Crippen molar-refractivity contribution in [3.8, 4) is 0 Å². The fourth-order valence-corrected chi connectivity index (χ4v) is 3.47. The minimum absolute atomic E-state index is 0.0255. The second-order valence-corrected chi connectivity index (χ2v) is 8.15. The molecule has 10 nitrogen and oxygen atoms in total. The standard InChI is InChI=1S/C22H15ClF3N7O3S/c23-17-18(29-10-30-19(17)31-11-3-5-27-6-4-11)21(35)28-9-13-8-15(36-33-13)20(34)32-12-1-2-16(37)14(7-12)22(24,25)26/h1-8,10,37H,9H2,(H,28,35)(H,32,34)(H,27,29,30,31). The van der Waals surface area contributed by atoms with Gasteiger partial charge in [-0.15, -0.1) is 12.6 Å². The summed E-state index contributed by atoms with van der Waals surface area (Å²) in [5.74, 6) is -1.56. The summed E-state index contributed by atoms with van der Waals surface area (Å²) in [4.78, 5) is 36.5. The Kier molecular flexibility index (Phi) is 7.59. The van der Waals surface area contributed by atoms with Crippen LogP contribution in [0.2, 0.25) is 5.02 Å². The molecule has 37 heavy (non-hydrogen) atoms. The van der Waals surface area contributed by atoms with E-state index in [1.165, 1.54) is 12.1 Å². The Morgan fingerprint density at radius 2 is 1.78 bits per heavy atom. The van der Waals surface area contributed by atoms with Gasteiger partial charge < -0.3 is 20.5 Å². The molecule has 4 aromatic rings. The van der Waals surface area contributed by atoms with E-state index >= 15 is 0 Å². The van der Waals surface area contributed by atoms with Crippen LogP contribution in [0.5, 0.6) is 0 Å².